The Bertz CT molecular complexity index is 360. The molecule has 1 saturated carbocycles. The van der Waals surface area contributed by atoms with Crippen LogP contribution in [-0.4, -0.2) is 4.98 Å². The van der Waals surface area contributed by atoms with Crippen LogP contribution in [0.3, 0.4) is 0 Å². The lowest BCUT2D eigenvalue weighted by Gasteiger charge is -1.94. The van der Waals surface area contributed by atoms with Gasteiger partial charge in [-0.25, -0.2) is 0 Å². The zero-order chi connectivity index (χ0) is 8.77. The first-order valence-corrected chi connectivity index (χ1v) is 4.49. The average molecular weight is 227 g/mol. The van der Waals surface area contributed by atoms with Crippen LogP contribution < -0.4 is 0 Å². The van der Waals surface area contributed by atoms with Gasteiger partial charge in [-0.2, -0.15) is 0 Å². The highest BCUT2D eigenvalue weighted by atomic mass is 79.9. The molecule has 0 spiro atoms. The number of nitrogens with zero attached hydrogens (tertiary/aromatic N) is 2. The van der Waals surface area contributed by atoms with Crippen molar-refractivity contribution in [2.75, 3.05) is 0 Å². The normalized spacial score (nSPS) is 18.8. The van der Waals surface area contributed by atoms with E-state index in [1.807, 2.05) is 0 Å². The van der Waals surface area contributed by atoms with E-state index in [2.05, 4.69) is 32.7 Å². The second-order valence-electron chi connectivity index (χ2n) is 3.29. The third-order valence-electron chi connectivity index (χ3n) is 2.19. The van der Waals surface area contributed by atoms with Crippen LogP contribution in [0.15, 0.2) is 9.09 Å². The lowest BCUT2D eigenvalue weighted by atomic mass is 10.1. The third-order valence-corrected chi connectivity index (χ3v) is 2.71. The van der Waals surface area contributed by atoms with E-state index in [4.69, 9.17) is 11.0 Å². The summed E-state index contributed by atoms with van der Waals surface area (Å²) in [6, 6.07) is 0. The van der Waals surface area contributed by atoms with Gasteiger partial charge >= 0.3 is 5.82 Å². The highest BCUT2D eigenvalue weighted by Crippen LogP contribution is 2.48. The van der Waals surface area contributed by atoms with E-state index in [9.17, 15) is 0 Å². The lowest BCUT2D eigenvalue weighted by Crippen LogP contribution is -1.98. The van der Waals surface area contributed by atoms with Gasteiger partial charge in [0, 0.05) is 0 Å². The number of oxazole rings is 1. The smallest absolute Gasteiger partial charge is 0.323 e. The number of hydrogen-bond acceptors (Lipinski definition) is 2. The summed E-state index contributed by atoms with van der Waals surface area (Å²) in [5, 5.41) is 0. The Kier molecular flexibility index (Phi) is 1.52. The maximum absolute atomic E-state index is 6.80. The molecule has 0 atom stereocenters. The topological polar surface area (TPSA) is 30.4 Å². The van der Waals surface area contributed by atoms with Crippen LogP contribution in [0.5, 0.6) is 0 Å². The molecule has 0 amide bonds. The van der Waals surface area contributed by atoms with Crippen molar-refractivity contribution in [3.05, 3.63) is 22.0 Å². The van der Waals surface area contributed by atoms with E-state index in [-0.39, 0.29) is 5.41 Å². The van der Waals surface area contributed by atoms with E-state index < -0.39 is 0 Å². The van der Waals surface area contributed by atoms with Crippen LogP contribution >= 0.6 is 15.9 Å². The van der Waals surface area contributed by atoms with Crippen LogP contribution in [0.1, 0.15) is 25.7 Å². The molecule has 1 aliphatic rings. The minimum Gasteiger partial charge on any atom is -0.427 e. The zero-order valence-electron chi connectivity index (χ0n) is 6.59. The monoisotopic (exact) mass is 226 g/mol. The van der Waals surface area contributed by atoms with Gasteiger partial charge in [0.05, 0.1) is 5.41 Å². The minimum atomic E-state index is 0.103. The Morgan fingerprint density at radius 3 is 2.75 bits per heavy atom. The fourth-order valence-electron chi connectivity index (χ4n) is 1.02. The minimum absolute atomic E-state index is 0.103. The van der Waals surface area contributed by atoms with Gasteiger partial charge < -0.3 is 9.26 Å². The first-order valence-electron chi connectivity index (χ1n) is 3.70. The molecule has 0 aliphatic heterocycles. The lowest BCUT2D eigenvalue weighted by molar-refractivity contribution is 0.434. The molecule has 3 nitrogen and oxygen atoms in total. The third kappa shape index (κ3) is 1.05. The second-order valence-corrected chi connectivity index (χ2v) is 4.01. The van der Waals surface area contributed by atoms with Gasteiger partial charge in [0.25, 0.3) is 5.89 Å². The van der Waals surface area contributed by atoms with Crippen molar-refractivity contribution in [3.63, 3.8) is 0 Å². The largest absolute Gasteiger partial charge is 0.427 e. The highest BCUT2D eigenvalue weighted by Gasteiger charge is 2.47. The van der Waals surface area contributed by atoms with Gasteiger partial charge in [-0.3, -0.25) is 0 Å². The molecule has 0 N–H and O–H groups in total. The summed E-state index contributed by atoms with van der Waals surface area (Å²) in [6.45, 7) is 8.89. The van der Waals surface area contributed by atoms with Crippen molar-refractivity contribution in [3.8, 4) is 0 Å². The van der Waals surface area contributed by atoms with Gasteiger partial charge in [0.15, 0.2) is 0 Å². The standard InChI is InChI=1S/C8H7BrN2O/c1-8(3-4-8)7-11-6(10-2)5(9)12-7/h3-4H2,1H3. The molecule has 0 unspecified atom stereocenters. The van der Waals surface area contributed by atoms with Crippen LogP contribution in [0.25, 0.3) is 4.85 Å². The molecular formula is C8H7BrN2O. The molecule has 4 heteroatoms. The molecular weight excluding hydrogens is 220 g/mol. The first kappa shape index (κ1) is 7.81. The molecule has 62 valence electrons. The summed E-state index contributed by atoms with van der Waals surface area (Å²) >= 11 is 3.15. The van der Waals surface area contributed by atoms with Crippen molar-refractivity contribution < 1.29 is 4.42 Å². The summed E-state index contributed by atoms with van der Waals surface area (Å²) < 4.78 is 5.78. The Balaban J connectivity index is 2.43. The summed E-state index contributed by atoms with van der Waals surface area (Å²) in [7, 11) is 0. The zero-order valence-corrected chi connectivity index (χ0v) is 8.18. The van der Waals surface area contributed by atoms with Crippen molar-refractivity contribution in [1.29, 1.82) is 0 Å². The molecule has 1 aromatic rings. The molecule has 2 rings (SSSR count). The summed E-state index contributed by atoms with van der Waals surface area (Å²) in [5.74, 6) is 1.03. The number of rotatable bonds is 1. The quantitative estimate of drug-likeness (QED) is 0.690. The predicted octanol–water partition coefficient (Wildman–Crippen LogP) is 3.04. The summed E-state index contributed by atoms with van der Waals surface area (Å²) in [4.78, 5) is 7.32. The SMILES string of the molecule is [C-]#[N+]c1nc(C2(C)CC2)oc1Br. The fourth-order valence-corrected chi connectivity index (χ4v) is 1.35. The van der Waals surface area contributed by atoms with Gasteiger partial charge in [0.2, 0.25) is 4.67 Å². The van der Waals surface area contributed by atoms with E-state index in [0.717, 1.165) is 12.8 Å². The van der Waals surface area contributed by atoms with Gasteiger partial charge in [-0.05, 0) is 35.7 Å². The van der Waals surface area contributed by atoms with Gasteiger partial charge in [-0.15, -0.1) is 0 Å². The van der Waals surface area contributed by atoms with Crippen molar-refractivity contribution in [2.24, 2.45) is 0 Å². The van der Waals surface area contributed by atoms with Crippen molar-refractivity contribution in [2.45, 2.75) is 25.2 Å². The van der Waals surface area contributed by atoms with Crippen molar-refractivity contribution in [1.82, 2.24) is 4.98 Å². The molecule has 1 aliphatic carbocycles. The molecule has 0 aromatic carbocycles. The van der Waals surface area contributed by atoms with Crippen molar-refractivity contribution >= 4 is 21.7 Å². The highest BCUT2D eigenvalue weighted by molar-refractivity contribution is 9.10. The molecule has 1 heterocycles. The van der Waals surface area contributed by atoms with E-state index in [1.54, 1.807) is 0 Å². The Morgan fingerprint density at radius 2 is 2.33 bits per heavy atom. The maximum atomic E-state index is 6.80. The van der Waals surface area contributed by atoms with Crippen LogP contribution in [-0.2, 0) is 5.41 Å². The molecule has 0 radical (unpaired) electrons. The average Bonchev–Trinajstić information content (AvgIpc) is 2.65. The Labute approximate surface area is 78.7 Å². The summed E-state index contributed by atoms with van der Waals surface area (Å²) in [5.41, 5.74) is 0.103. The molecule has 1 fully saturated rings. The number of hydrogen-bond donors (Lipinski definition) is 0. The Hall–Kier alpha value is -0.820. The van der Waals surface area contributed by atoms with E-state index in [0.29, 0.717) is 16.4 Å². The van der Waals surface area contributed by atoms with E-state index in [1.165, 1.54) is 0 Å². The Morgan fingerprint density at radius 1 is 1.67 bits per heavy atom. The molecule has 1 aromatic heterocycles. The van der Waals surface area contributed by atoms with Crippen LogP contribution in [0.2, 0.25) is 0 Å². The predicted molar refractivity (Wildman–Crippen MR) is 47.1 cm³/mol. The maximum Gasteiger partial charge on any atom is 0.323 e. The number of halogens is 1. The fraction of sp³-hybridized carbons (Fsp3) is 0.500. The molecule has 12 heavy (non-hydrogen) atoms. The summed E-state index contributed by atoms with van der Waals surface area (Å²) in [6.07, 6.45) is 2.22. The van der Waals surface area contributed by atoms with E-state index >= 15 is 0 Å². The van der Waals surface area contributed by atoms with Gasteiger partial charge in [-0.1, -0.05) is 11.6 Å². The molecule has 0 saturated heterocycles. The van der Waals surface area contributed by atoms with Gasteiger partial charge in [0.1, 0.15) is 0 Å². The number of aromatic nitrogens is 1. The van der Waals surface area contributed by atoms with Crippen LogP contribution in [0, 0.1) is 6.57 Å². The molecule has 0 bridgehead atoms. The first-order chi connectivity index (χ1) is 5.65. The van der Waals surface area contributed by atoms with Crippen LogP contribution in [0.4, 0.5) is 5.82 Å². The second kappa shape index (κ2) is 2.33.